The Balaban J connectivity index is 0.000000166. The molecule has 0 bridgehead atoms. The van der Waals surface area contributed by atoms with Crippen molar-refractivity contribution in [3.63, 3.8) is 0 Å². The maximum absolute atomic E-state index is 3.44. The number of allylic oxidation sites excluding steroid dienone is 8. The van der Waals surface area contributed by atoms with Crippen LogP contribution in [0.2, 0.25) is 0 Å². The predicted molar refractivity (Wildman–Crippen MR) is 205 cm³/mol. The molecule has 6 aromatic rings. The summed E-state index contributed by atoms with van der Waals surface area (Å²) in [6.07, 6.45) is 11.5. The summed E-state index contributed by atoms with van der Waals surface area (Å²) in [6, 6.07) is 52.3. The molecule has 0 heterocycles. The van der Waals surface area contributed by atoms with E-state index in [1.54, 1.807) is 8.79 Å². The first-order valence-corrected chi connectivity index (χ1v) is 29.2. The predicted octanol–water partition coefficient (Wildman–Crippen LogP) is 4.59. The molecule has 0 aromatic heterocycles. The van der Waals surface area contributed by atoms with Crippen LogP contribution in [0.25, 0.3) is 32.7 Å². The Kier molecular flexibility index (Phi) is 14.9. The van der Waals surface area contributed by atoms with Crippen molar-refractivity contribution in [2.24, 2.45) is 11.8 Å². The minimum atomic E-state index is -1.06. The molecule has 2 aliphatic carbocycles. The fourth-order valence-electron chi connectivity index (χ4n) is 6.39. The molecule has 0 spiro atoms. The third kappa shape index (κ3) is 9.98. The zero-order chi connectivity index (χ0) is 33.5. The molecule has 6 aromatic carbocycles. The van der Waals surface area contributed by atoms with Crippen LogP contribution in [0, 0.1) is 24.0 Å². The summed E-state index contributed by atoms with van der Waals surface area (Å²) in [7, 11) is -1.06. The fourth-order valence-corrected chi connectivity index (χ4v) is 15.5. The topological polar surface area (TPSA) is 0 Å². The Morgan fingerprint density at radius 3 is 1.14 bits per heavy atom. The number of halogens is 2. The van der Waals surface area contributed by atoms with Gasteiger partial charge in [-0.25, -0.2) is 11.1 Å². The van der Waals surface area contributed by atoms with Gasteiger partial charge in [-0.1, -0.05) is 136 Å². The van der Waals surface area contributed by atoms with Crippen molar-refractivity contribution in [2.75, 3.05) is 0 Å². The second-order valence-corrected chi connectivity index (χ2v) is 25.8. The Bertz CT molecular complexity index is 2040. The molecule has 0 N–H and O–H groups in total. The van der Waals surface area contributed by atoms with Gasteiger partial charge < -0.3 is 24.8 Å². The van der Waals surface area contributed by atoms with Crippen molar-refractivity contribution in [3.05, 3.63) is 192 Å². The van der Waals surface area contributed by atoms with Gasteiger partial charge in [0, 0.05) is 0 Å². The van der Waals surface area contributed by atoms with Gasteiger partial charge in [-0.05, 0) is 21.5 Å². The zero-order valence-electron chi connectivity index (χ0n) is 28.9. The molecule has 2 atom stereocenters. The van der Waals surface area contributed by atoms with Crippen molar-refractivity contribution in [1.82, 2.24) is 0 Å². The van der Waals surface area contributed by atoms with Gasteiger partial charge >= 0.3 is 101 Å². The molecule has 0 fully saturated rings. The van der Waals surface area contributed by atoms with Crippen molar-refractivity contribution in [2.45, 2.75) is 27.7 Å². The van der Waals surface area contributed by atoms with Crippen LogP contribution in [0.15, 0.2) is 169 Å². The average Bonchev–Trinajstić information content (AvgIpc) is 3.66. The first kappa shape index (κ1) is 39.6. The van der Waals surface area contributed by atoms with E-state index in [0.717, 1.165) is 0 Å². The quantitative estimate of drug-likeness (QED) is 0.180. The molecule has 8 rings (SSSR count). The Morgan fingerprint density at radius 2 is 0.800 bits per heavy atom. The Labute approximate surface area is 326 Å². The van der Waals surface area contributed by atoms with Gasteiger partial charge in [-0.2, -0.15) is 23.3 Å². The molecule has 0 saturated carbocycles. The van der Waals surface area contributed by atoms with Crippen LogP contribution in [0.5, 0.6) is 0 Å². The number of benzene rings is 6. The van der Waals surface area contributed by atoms with Crippen molar-refractivity contribution < 1.29 is 46.1 Å². The standard InChI is InChI=1S/2C17H15.C12H10Ge.2ClH.Hf/c2*1-12-9-13(2)17(10-12)16-8-7-14-5-3-4-6-15(14)11-16;1-3-7-11(8-4-1)13-12-9-5-2-6-10-12;;;/h2*3-8,10-12H,1-2H3;1-10H;2*1H;/q2*-1;;;;+2/p-2. The maximum atomic E-state index is 3.44. The summed E-state index contributed by atoms with van der Waals surface area (Å²) in [5.41, 5.74) is 7.82. The van der Waals surface area contributed by atoms with Gasteiger partial charge in [0.05, 0.1) is 0 Å². The van der Waals surface area contributed by atoms with E-state index in [1.165, 1.54) is 76.2 Å². The molecular weight excluding hydrogens is 875 g/mol. The van der Waals surface area contributed by atoms with Crippen molar-refractivity contribution >= 4 is 51.5 Å². The normalized spacial score (nSPS) is 15.9. The van der Waals surface area contributed by atoms with Crippen LogP contribution in [-0.2, 0) is 21.3 Å². The summed E-state index contributed by atoms with van der Waals surface area (Å²) in [4.78, 5) is 0. The van der Waals surface area contributed by atoms with Gasteiger partial charge in [-0.3, -0.25) is 12.2 Å². The summed E-state index contributed by atoms with van der Waals surface area (Å²) < 4.78 is 3.20. The minimum absolute atomic E-state index is 0. The summed E-state index contributed by atoms with van der Waals surface area (Å²) in [5, 5.41) is 5.21. The van der Waals surface area contributed by atoms with E-state index in [4.69, 9.17) is 0 Å². The average molecular weight is 915 g/mol. The van der Waals surface area contributed by atoms with E-state index < -0.39 is 10.1 Å². The number of rotatable bonds is 4. The molecule has 4 heteroatoms. The van der Waals surface area contributed by atoms with Crippen LogP contribution in [0.4, 0.5) is 0 Å². The SMILES string of the molecule is CC1=[C-]C(C)C=C1c1ccc2ccccc2c1.CC1=[C-]C(C)C=C1c1ccc2ccccc2c1.[Cl-].[Cl-].[Hf+2]=[Ge]([c]1ccccc1)[c]1ccccc1. The van der Waals surface area contributed by atoms with Crippen LogP contribution < -0.4 is 33.6 Å². The summed E-state index contributed by atoms with van der Waals surface area (Å²) in [6.45, 7) is 8.64. The van der Waals surface area contributed by atoms with Gasteiger partial charge in [0.25, 0.3) is 0 Å². The Morgan fingerprint density at radius 1 is 0.460 bits per heavy atom. The van der Waals surface area contributed by atoms with Crippen molar-refractivity contribution in [1.29, 1.82) is 0 Å². The van der Waals surface area contributed by atoms with Crippen molar-refractivity contribution in [3.8, 4) is 0 Å². The van der Waals surface area contributed by atoms with Gasteiger partial charge in [0.1, 0.15) is 0 Å². The number of hydrogen-bond acceptors (Lipinski definition) is 0. The zero-order valence-corrected chi connectivity index (χ0v) is 36.1. The first-order chi connectivity index (χ1) is 23.4. The van der Waals surface area contributed by atoms with E-state index in [2.05, 4.69) is 198 Å². The number of hydrogen-bond donors (Lipinski definition) is 0. The van der Waals surface area contributed by atoms with Crippen LogP contribution in [0.3, 0.4) is 0 Å². The fraction of sp³-hybridized carbons (Fsp3) is 0.130. The van der Waals surface area contributed by atoms with E-state index >= 15 is 0 Å². The molecule has 2 unspecified atom stereocenters. The molecule has 0 amide bonds. The molecule has 0 saturated heterocycles. The van der Waals surface area contributed by atoms with Gasteiger partial charge in [-0.15, -0.1) is 0 Å². The molecule has 0 radical (unpaired) electrons. The van der Waals surface area contributed by atoms with Gasteiger partial charge in [0.15, 0.2) is 0 Å². The van der Waals surface area contributed by atoms with Gasteiger partial charge in [0.2, 0.25) is 0 Å². The molecule has 2 aliphatic rings. The Hall–Kier alpha value is -3.21. The molecule has 0 nitrogen and oxygen atoms in total. The molecular formula is C46H40Cl2GeHf-2. The second kappa shape index (κ2) is 18.9. The molecule has 50 heavy (non-hydrogen) atoms. The summed E-state index contributed by atoms with van der Waals surface area (Å²) >= 11 is 1.33. The summed E-state index contributed by atoms with van der Waals surface area (Å²) in [5.74, 6) is 0.882. The monoisotopic (exact) mass is 916 g/mol. The van der Waals surface area contributed by atoms with Crippen LogP contribution in [0.1, 0.15) is 38.8 Å². The number of fused-ring (bicyclic) bond motifs is 2. The van der Waals surface area contributed by atoms with E-state index in [9.17, 15) is 0 Å². The third-order valence-corrected chi connectivity index (χ3v) is 23.4. The third-order valence-electron chi connectivity index (χ3n) is 8.78. The van der Waals surface area contributed by atoms with Crippen LogP contribution in [-0.4, -0.2) is 10.1 Å². The first-order valence-electron chi connectivity index (χ1n) is 16.7. The van der Waals surface area contributed by atoms with E-state index in [1.807, 2.05) is 0 Å². The van der Waals surface area contributed by atoms with E-state index in [-0.39, 0.29) is 24.8 Å². The molecule has 248 valence electrons. The van der Waals surface area contributed by atoms with E-state index in [0.29, 0.717) is 11.8 Å². The molecule has 0 aliphatic heterocycles. The second-order valence-electron chi connectivity index (χ2n) is 12.5. The van der Waals surface area contributed by atoms with Crippen LogP contribution >= 0.6 is 0 Å².